The molecule has 34 heavy (non-hydrogen) atoms. The molecule has 0 bridgehead atoms. The lowest BCUT2D eigenvalue weighted by Gasteiger charge is -2.34. The number of likely N-dealkylation sites (N-methyl/N-ethyl adjacent to an activating group) is 1. The van der Waals surface area contributed by atoms with Gasteiger partial charge in [-0.05, 0) is 42.9 Å². The molecule has 0 saturated carbocycles. The molecule has 0 N–H and O–H groups in total. The van der Waals surface area contributed by atoms with Crippen molar-refractivity contribution in [3.63, 3.8) is 0 Å². The molecule has 2 aromatic heterocycles. The van der Waals surface area contributed by atoms with Crippen LogP contribution in [0.15, 0.2) is 57.7 Å². The van der Waals surface area contributed by atoms with Crippen LogP contribution in [0.5, 0.6) is 5.75 Å². The molecule has 0 atom stereocenters. The molecule has 2 amide bonds. The zero-order valence-corrected chi connectivity index (χ0v) is 19.6. The Morgan fingerprint density at radius 3 is 2.53 bits per heavy atom. The second-order valence-corrected chi connectivity index (χ2v) is 8.18. The second kappa shape index (κ2) is 11.0. The molecule has 1 fully saturated rings. The number of hydrogen-bond acceptors (Lipinski definition) is 7. The smallest absolute Gasteiger partial charge is 0.276 e. The van der Waals surface area contributed by atoms with Crippen LogP contribution in [0.1, 0.15) is 29.6 Å². The highest BCUT2D eigenvalue weighted by Crippen LogP contribution is 2.24. The van der Waals surface area contributed by atoms with Gasteiger partial charge in [0.15, 0.2) is 11.5 Å². The topological polar surface area (TPSA) is 92.3 Å². The molecular formula is C25H30N4O5. The molecule has 0 aliphatic carbocycles. The van der Waals surface area contributed by atoms with Crippen LogP contribution >= 0.6 is 0 Å². The molecule has 1 aliphatic rings. The van der Waals surface area contributed by atoms with Gasteiger partial charge >= 0.3 is 0 Å². The van der Waals surface area contributed by atoms with Crippen LogP contribution in [0.25, 0.3) is 11.3 Å². The van der Waals surface area contributed by atoms with E-state index >= 15 is 0 Å². The van der Waals surface area contributed by atoms with E-state index < -0.39 is 0 Å². The van der Waals surface area contributed by atoms with Crippen LogP contribution in [0.2, 0.25) is 0 Å². The molecule has 1 saturated heterocycles. The number of methoxy groups -OCH3 is 1. The highest BCUT2D eigenvalue weighted by Gasteiger charge is 2.25. The number of piperazine rings is 1. The molecule has 4 rings (SSSR count). The van der Waals surface area contributed by atoms with Crippen molar-refractivity contribution in [2.45, 2.75) is 19.9 Å². The van der Waals surface area contributed by atoms with Crippen molar-refractivity contribution < 1.29 is 23.3 Å². The standard InChI is InChI=1S/C25H30N4O5/c1-3-27-12-14-28(15-13-27)24(30)10-11-29(18-21-5-4-16-33-21)25(31)22-17-23(34-26-22)19-6-8-20(32-2)9-7-19/h4-9,16-17H,3,10-15,18H2,1-2H3. The Hall–Kier alpha value is -3.59. The first-order chi connectivity index (χ1) is 16.6. The average molecular weight is 467 g/mol. The van der Waals surface area contributed by atoms with Gasteiger partial charge in [0.1, 0.15) is 11.5 Å². The predicted molar refractivity (Wildman–Crippen MR) is 125 cm³/mol. The molecule has 3 aromatic rings. The first-order valence-electron chi connectivity index (χ1n) is 11.5. The van der Waals surface area contributed by atoms with Gasteiger partial charge in [-0.2, -0.15) is 0 Å². The highest BCUT2D eigenvalue weighted by atomic mass is 16.5. The Balaban J connectivity index is 1.43. The zero-order valence-electron chi connectivity index (χ0n) is 19.6. The summed E-state index contributed by atoms with van der Waals surface area (Å²) in [5, 5.41) is 3.99. The molecule has 9 nitrogen and oxygen atoms in total. The second-order valence-electron chi connectivity index (χ2n) is 8.18. The maximum atomic E-state index is 13.3. The number of hydrogen-bond donors (Lipinski definition) is 0. The Morgan fingerprint density at radius 2 is 1.88 bits per heavy atom. The number of ether oxygens (including phenoxy) is 1. The highest BCUT2D eigenvalue weighted by molar-refractivity contribution is 5.93. The van der Waals surface area contributed by atoms with E-state index in [0.29, 0.717) is 24.6 Å². The number of amides is 2. The van der Waals surface area contributed by atoms with Crippen LogP contribution in [-0.4, -0.2) is 78.0 Å². The van der Waals surface area contributed by atoms with Gasteiger partial charge in [0.05, 0.1) is 19.9 Å². The van der Waals surface area contributed by atoms with Gasteiger partial charge in [0, 0.05) is 50.8 Å². The quantitative estimate of drug-likeness (QED) is 0.478. The third-order valence-electron chi connectivity index (χ3n) is 6.09. The van der Waals surface area contributed by atoms with Gasteiger partial charge in [-0.25, -0.2) is 0 Å². The first-order valence-corrected chi connectivity index (χ1v) is 11.5. The summed E-state index contributed by atoms with van der Waals surface area (Å²) in [5.74, 6) is 1.57. The number of benzene rings is 1. The van der Waals surface area contributed by atoms with E-state index in [1.165, 1.54) is 0 Å². The van der Waals surface area contributed by atoms with Crippen LogP contribution in [0.4, 0.5) is 0 Å². The van der Waals surface area contributed by atoms with Crippen LogP contribution in [0.3, 0.4) is 0 Å². The van der Waals surface area contributed by atoms with Crippen molar-refractivity contribution in [2.75, 3.05) is 46.4 Å². The summed E-state index contributed by atoms with van der Waals surface area (Å²) in [6.45, 7) is 6.81. The van der Waals surface area contributed by atoms with E-state index in [1.807, 2.05) is 29.2 Å². The molecule has 9 heteroatoms. The van der Waals surface area contributed by atoms with E-state index in [-0.39, 0.29) is 37.0 Å². The van der Waals surface area contributed by atoms with Gasteiger partial charge in [0.2, 0.25) is 5.91 Å². The molecule has 3 heterocycles. The predicted octanol–water partition coefficient (Wildman–Crippen LogP) is 3.14. The molecule has 0 radical (unpaired) electrons. The number of rotatable bonds is 9. The fourth-order valence-electron chi connectivity index (χ4n) is 3.97. The maximum absolute atomic E-state index is 13.3. The van der Waals surface area contributed by atoms with E-state index in [9.17, 15) is 9.59 Å². The van der Waals surface area contributed by atoms with Gasteiger partial charge in [-0.3, -0.25) is 9.59 Å². The third-order valence-corrected chi connectivity index (χ3v) is 6.09. The third kappa shape index (κ3) is 5.66. The zero-order chi connectivity index (χ0) is 23.9. The van der Waals surface area contributed by atoms with Gasteiger partial charge in [-0.1, -0.05) is 12.1 Å². The van der Waals surface area contributed by atoms with Crippen molar-refractivity contribution >= 4 is 11.8 Å². The van der Waals surface area contributed by atoms with Crippen LogP contribution < -0.4 is 4.74 Å². The summed E-state index contributed by atoms with van der Waals surface area (Å²) in [7, 11) is 1.60. The summed E-state index contributed by atoms with van der Waals surface area (Å²) in [4.78, 5) is 31.9. The van der Waals surface area contributed by atoms with Crippen LogP contribution in [0, 0.1) is 0 Å². The lowest BCUT2D eigenvalue weighted by atomic mass is 10.1. The van der Waals surface area contributed by atoms with Gasteiger partial charge < -0.3 is 28.4 Å². The summed E-state index contributed by atoms with van der Waals surface area (Å²) >= 11 is 0. The molecule has 1 aromatic carbocycles. The van der Waals surface area contributed by atoms with Crippen molar-refractivity contribution in [1.82, 2.24) is 19.9 Å². The van der Waals surface area contributed by atoms with Gasteiger partial charge in [0.25, 0.3) is 5.91 Å². The lowest BCUT2D eigenvalue weighted by molar-refractivity contribution is -0.133. The summed E-state index contributed by atoms with van der Waals surface area (Å²) in [6.07, 6.45) is 1.80. The monoisotopic (exact) mass is 466 g/mol. The van der Waals surface area contributed by atoms with Gasteiger partial charge in [-0.15, -0.1) is 0 Å². The minimum absolute atomic E-state index is 0.0482. The summed E-state index contributed by atoms with van der Waals surface area (Å²) < 4.78 is 16.1. The summed E-state index contributed by atoms with van der Waals surface area (Å²) in [6, 6.07) is 12.5. The normalized spacial score (nSPS) is 14.2. The summed E-state index contributed by atoms with van der Waals surface area (Å²) in [5.41, 5.74) is 0.965. The number of nitrogens with zero attached hydrogens (tertiary/aromatic N) is 4. The Bertz CT molecular complexity index is 1070. The Labute approximate surface area is 198 Å². The fourth-order valence-corrected chi connectivity index (χ4v) is 3.97. The lowest BCUT2D eigenvalue weighted by Crippen LogP contribution is -2.49. The Kier molecular flexibility index (Phi) is 7.64. The molecule has 1 aliphatic heterocycles. The molecule has 0 spiro atoms. The van der Waals surface area contributed by atoms with E-state index in [2.05, 4.69) is 17.0 Å². The van der Waals surface area contributed by atoms with Crippen molar-refractivity contribution in [2.24, 2.45) is 0 Å². The number of aromatic nitrogens is 1. The number of carbonyl (C=O) groups excluding carboxylic acids is 2. The van der Waals surface area contributed by atoms with E-state index in [4.69, 9.17) is 13.7 Å². The molecule has 0 unspecified atom stereocenters. The minimum atomic E-state index is -0.316. The fraction of sp³-hybridized carbons (Fsp3) is 0.400. The minimum Gasteiger partial charge on any atom is -0.497 e. The largest absolute Gasteiger partial charge is 0.497 e. The van der Waals surface area contributed by atoms with E-state index in [0.717, 1.165) is 30.9 Å². The number of carbonyl (C=O) groups is 2. The molecular weight excluding hydrogens is 436 g/mol. The first kappa shape index (κ1) is 23.6. The van der Waals surface area contributed by atoms with Crippen molar-refractivity contribution in [3.8, 4) is 17.1 Å². The Morgan fingerprint density at radius 1 is 1.12 bits per heavy atom. The maximum Gasteiger partial charge on any atom is 0.276 e. The molecule has 180 valence electrons. The van der Waals surface area contributed by atoms with Crippen molar-refractivity contribution in [3.05, 3.63) is 60.2 Å². The van der Waals surface area contributed by atoms with E-state index in [1.54, 1.807) is 36.5 Å². The number of furan rings is 1. The average Bonchev–Trinajstić information content (AvgIpc) is 3.58. The van der Waals surface area contributed by atoms with Crippen molar-refractivity contribution in [1.29, 1.82) is 0 Å². The SMILES string of the molecule is CCN1CCN(C(=O)CCN(Cc2ccco2)C(=O)c2cc(-c3ccc(OC)cc3)on2)CC1. The van der Waals surface area contributed by atoms with Crippen LogP contribution in [-0.2, 0) is 11.3 Å².